The standard InChI is InChI=1S/C15H14N4/c1-19-10-14-8-13(6-7-15(14)18-19)12-4-2-11(3-5-12)9-17-16/h2-10H,16H2,1H3. The number of fused-ring (bicyclic) bond motifs is 1. The second-order valence-corrected chi connectivity index (χ2v) is 4.48. The molecule has 0 spiro atoms. The molecule has 0 aliphatic heterocycles. The predicted octanol–water partition coefficient (Wildman–Crippen LogP) is 2.53. The summed E-state index contributed by atoms with van der Waals surface area (Å²) in [5.74, 6) is 5.13. The average molecular weight is 250 g/mol. The molecule has 3 aromatic rings. The number of nitrogens with zero attached hydrogens (tertiary/aromatic N) is 3. The zero-order valence-corrected chi connectivity index (χ0v) is 10.6. The molecule has 19 heavy (non-hydrogen) atoms. The number of nitrogens with two attached hydrogens (primary N) is 1. The molecule has 0 saturated carbocycles. The second-order valence-electron chi connectivity index (χ2n) is 4.48. The zero-order valence-electron chi connectivity index (χ0n) is 10.6. The number of hydrogen-bond donors (Lipinski definition) is 1. The maximum Gasteiger partial charge on any atom is 0.0923 e. The van der Waals surface area contributed by atoms with Crippen molar-refractivity contribution in [3.63, 3.8) is 0 Å². The summed E-state index contributed by atoms with van der Waals surface area (Å²) in [5.41, 5.74) is 4.35. The minimum Gasteiger partial charge on any atom is -0.323 e. The lowest BCUT2D eigenvalue weighted by atomic mass is 10.0. The Morgan fingerprint density at radius 3 is 2.58 bits per heavy atom. The van der Waals surface area contributed by atoms with Crippen molar-refractivity contribution in [1.82, 2.24) is 9.78 Å². The Balaban J connectivity index is 2.02. The summed E-state index contributed by atoms with van der Waals surface area (Å²) in [5, 5.41) is 9.03. The normalized spacial score (nSPS) is 11.4. The molecule has 0 fully saturated rings. The van der Waals surface area contributed by atoms with Crippen LogP contribution in [0.25, 0.3) is 22.0 Å². The summed E-state index contributed by atoms with van der Waals surface area (Å²) < 4.78 is 1.83. The van der Waals surface area contributed by atoms with Gasteiger partial charge in [-0.05, 0) is 28.8 Å². The quantitative estimate of drug-likeness (QED) is 0.431. The number of hydrazone groups is 1. The Hall–Kier alpha value is -2.62. The molecule has 4 nitrogen and oxygen atoms in total. The van der Waals surface area contributed by atoms with Crippen molar-refractivity contribution in [2.45, 2.75) is 0 Å². The van der Waals surface area contributed by atoms with Crippen LogP contribution in [0.2, 0.25) is 0 Å². The molecule has 0 radical (unpaired) electrons. The zero-order chi connectivity index (χ0) is 13.2. The molecule has 4 heteroatoms. The molecule has 2 N–H and O–H groups in total. The van der Waals surface area contributed by atoms with Gasteiger partial charge < -0.3 is 5.84 Å². The summed E-state index contributed by atoms with van der Waals surface area (Å²) in [6.45, 7) is 0. The lowest BCUT2D eigenvalue weighted by Gasteiger charge is -2.02. The highest BCUT2D eigenvalue weighted by atomic mass is 15.2. The van der Waals surface area contributed by atoms with E-state index in [1.165, 1.54) is 11.1 Å². The Labute approximate surface area is 111 Å². The third kappa shape index (κ3) is 2.20. The van der Waals surface area contributed by atoms with E-state index in [-0.39, 0.29) is 0 Å². The fourth-order valence-corrected chi connectivity index (χ4v) is 2.18. The highest BCUT2D eigenvalue weighted by Crippen LogP contribution is 2.23. The maximum atomic E-state index is 5.13. The van der Waals surface area contributed by atoms with Crippen molar-refractivity contribution < 1.29 is 0 Å². The Bertz CT molecular complexity index is 738. The monoisotopic (exact) mass is 250 g/mol. The smallest absolute Gasteiger partial charge is 0.0923 e. The SMILES string of the molecule is Cn1cc2cc(-c3ccc(C=NN)cc3)ccc2n1. The lowest BCUT2D eigenvalue weighted by molar-refractivity contribution is 0.780. The summed E-state index contributed by atoms with van der Waals surface area (Å²) in [6.07, 6.45) is 3.66. The van der Waals surface area contributed by atoms with Gasteiger partial charge in [-0.2, -0.15) is 10.2 Å². The van der Waals surface area contributed by atoms with Crippen LogP contribution in [-0.4, -0.2) is 16.0 Å². The summed E-state index contributed by atoms with van der Waals surface area (Å²) in [4.78, 5) is 0. The topological polar surface area (TPSA) is 56.2 Å². The molecule has 2 aromatic carbocycles. The number of aryl methyl sites for hydroxylation is 1. The van der Waals surface area contributed by atoms with Crippen LogP contribution in [0.15, 0.2) is 53.8 Å². The van der Waals surface area contributed by atoms with E-state index in [2.05, 4.69) is 34.5 Å². The van der Waals surface area contributed by atoms with Gasteiger partial charge in [-0.3, -0.25) is 4.68 Å². The van der Waals surface area contributed by atoms with Crippen LogP contribution in [-0.2, 0) is 7.05 Å². The van der Waals surface area contributed by atoms with Crippen LogP contribution in [0.4, 0.5) is 0 Å². The number of aromatic nitrogens is 2. The second kappa shape index (κ2) is 4.57. The van der Waals surface area contributed by atoms with E-state index >= 15 is 0 Å². The first-order chi connectivity index (χ1) is 9.26. The van der Waals surface area contributed by atoms with Crippen LogP contribution in [0.5, 0.6) is 0 Å². The molecule has 0 aliphatic carbocycles. The van der Waals surface area contributed by atoms with Gasteiger partial charge >= 0.3 is 0 Å². The van der Waals surface area contributed by atoms with Gasteiger partial charge in [-0.15, -0.1) is 0 Å². The average Bonchev–Trinajstić information content (AvgIpc) is 2.79. The van der Waals surface area contributed by atoms with Gasteiger partial charge in [0.05, 0.1) is 11.7 Å². The largest absolute Gasteiger partial charge is 0.323 e. The molecule has 0 saturated heterocycles. The molecule has 0 bridgehead atoms. The molecule has 1 heterocycles. The van der Waals surface area contributed by atoms with Gasteiger partial charge in [0.2, 0.25) is 0 Å². The van der Waals surface area contributed by atoms with Gasteiger partial charge in [0.25, 0.3) is 0 Å². The molecular weight excluding hydrogens is 236 g/mol. The Morgan fingerprint density at radius 2 is 1.84 bits per heavy atom. The first-order valence-corrected chi connectivity index (χ1v) is 6.03. The highest BCUT2D eigenvalue weighted by molar-refractivity contribution is 5.85. The van der Waals surface area contributed by atoms with E-state index in [1.54, 1.807) is 6.21 Å². The number of benzene rings is 2. The first-order valence-electron chi connectivity index (χ1n) is 6.03. The third-order valence-electron chi connectivity index (χ3n) is 3.09. The van der Waals surface area contributed by atoms with Crippen molar-refractivity contribution in [2.75, 3.05) is 0 Å². The molecule has 0 amide bonds. The Morgan fingerprint density at radius 1 is 1.11 bits per heavy atom. The van der Waals surface area contributed by atoms with Gasteiger partial charge in [-0.1, -0.05) is 30.3 Å². The maximum absolute atomic E-state index is 5.13. The molecule has 1 aromatic heterocycles. The van der Waals surface area contributed by atoms with E-state index in [0.717, 1.165) is 16.5 Å². The molecule has 0 atom stereocenters. The third-order valence-corrected chi connectivity index (χ3v) is 3.09. The minimum absolute atomic E-state index is 0.994. The van der Waals surface area contributed by atoms with Gasteiger partial charge in [0, 0.05) is 18.6 Å². The predicted molar refractivity (Wildman–Crippen MR) is 77.9 cm³/mol. The van der Waals surface area contributed by atoms with E-state index in [9.17, 15) is 0 Å². The van der Waals surface area contributed by atoms with E-state index < -0.39 is 0 Å². The van der Waals surface area contributed by atoms with Gasteiger partial charge in [0.1, 0.15) is 0 Å². The Kier molecular flexibility index (Phi) is 2.76. The molecule has 3 rings (SSSR count). The number of rotatable bonds is 2. The van der Waals surface area contributed by atoms with Crippen molar-refractivity contribution >= 4 is 17.1 Å². The highest BCUT2D eigenvalue weighted by Gasteiger charge is 2.02. The van der Waals surface area contributed by atoms with Crippen LogP contribution >= 0.6 is 0 Å². The number of hydrogen-bond acceptors (Lipinski definition) is 3. The summed E-state index contributed by atoms with van der Waals surface area (Å²) in [7, 11) is 1.93. The van der Waals surface area contributed by atoms with Gasteiger partial charge in [-0.25, -0.2) is 0 Å². The molecular formula is C15H14N4. The molecule has 0 aliphatic rings. The molecule has 94 valence electrons. The van der Waals surface area contributed by atoms with Crippen LogP contribution in [0, 0.1) is 0 Å². The van der Waals surface area contributed by atoms with Crippen LogP contribution in [0.1, 0.15) is 5.56 Å². The lowest BCUT2D eigenvalue weighted by Crippen LogP contribution is -1.86. The van der Waals surface area contributed by atoms with E-state index in [4.69, 9.17) is 5.84 Å². The summed E-state index contributed by atoms with van der Waals surface area (Å²) >= 11 is 0. The van der Waals surface area contributed by atoms with Crippen molar-refractivity contribution in [3.05, 3.63) is 54.2 Å². The summed E-state index contributed by atoms with van der Waals surface area (Å²) in [6, 6.07) is 14.4. The fourth-order valence-electron chi connectivity index (χ4n) is 2.18. The van der Waals surface area contributed by atoms with E-state index in [0.29, 0.717) is 0 Å². The first kappa shape index (κ1) is 11.5. The molecule has 0 unspecified atom stereocenters. The van der Waals surface area contributed by atoms with Crippen LogP contribution in [0.3, 0.4) is 0 Å². The van der Waals surface area contributed by atoms with Gasteiger partial charge in [0.15, 0.2) is 0 Å². The van der Waals surface area contributed by atoms with Crippen LogP contribution < -0.4 is 5.84 Å². The van der Waals surface area contributed by atoms with Crippen molar-refractivity contribution in [3.8, 4) is 11.1 Å². The van der Waals surface area contributed by atoms with E-state index in [1.807, 2.05) is 36.1 Å². The fraction of sp³-hybridized carbons (Fsp3) is 0.0667. The van der Waals surface area contributed by atoms with Crippen molar-refractivity contribution in [2.24, 2.45) is 18.0 Å². The van der Waals surface area contributed by atoms with Crippen molar-refractivity contribution in [1.29, 1.82) is 0 Å². The minimum atomic E-state index is 0.994.